The zero-order valence-electron chi connectivity index (χ0n) is 10.2. The van der Waals surface area contributed by atoms with E-state index in [1.807, 2.05) is 18.2 Å². The predicted octanol–water partition coefficient (Wildman–Crippen LogP) is 2.93. The maximum Gasteiger partial charge on any atom is 0.161 e. The predicted molar refractivity (Wildman–Crippen MR) is 64.0 cm³/mol. The summed E-state index contributed by atoms with van der Waals surface area (Å²) >= 11 is 0. The summed E-state index contributed by atoms with van der Waals surface area (Å²) < 4.78 is 10.3. The summed E-state index contributed by atoms with van der Waals surface area (Å²) in [6.07, 6.45) is 2.48. The number of hydrogen-bond donors (Lipinski definition) is 1. The Morgan fingerprint density at radius 2 is 1.88 bits per heavy atom. The summed E-state index contributed by atoms with van der Waals surface area (Å²) in [4.78, 5) is 0. The maximum absolute atomic E-state index is 9.94. The highest BCUT2D eigenvalue weighted by atomic mass is 16.5. The van der Waals surface area contributed by atoms with Crippen molar-refractivity contribution in [2.75, 3.05) is 14.2 Å². The number of unbranched alkanes of at least 4 members (excludes halogenated alkanes) is 1. The number of ether oxygens (including phenoxy) is 2. The maximum atomic E-state index is 9.94. The van der Waals surface area contributed by atoms with E-state index in [-0.39, 0.29) is 0 Å². The smallest absolute Gasteiger partial charge is 0.161 e. The van der Waals surface area contributed by atoms with Crippen LogP contribution in [0.3, 0.4) is 0 Å². The molecule has 1 aromatic carbocycles. The van der Waals surface area contributed by atoms with Crippen LogP contribution in [0.1, 0.15) is 37.9 Å². The van der Waals surface area contributed by atoms with Gasteiger partial charge in [-0.3, -0.25) is 0 Å². The van der Waals surface area contributed by atoms with Crippen molar-refractivity contribution in [2.24, 2.45) is 0 Å². The molecular weight excluding hydrogens is 204 g/mol. The van der Waals surface area contributed by atoms with Gasteiger partial charge in [-0.15, -0.1) is 0 Å². The molecule has 0 radical (unpaired) electrons. The van der Waals surface area contributed by atoms with Gasteiger partial charge in [0.25, 0.3) is 0 Å². The summed E-state index contributed by atoms with van der Waals surface area (Å²) in [5.41, 5.74) is 0.881. The Labute approximate surface area is 97.0 Å². The van der Waals surface area contributed by atoms with Crippen molar-refractivity contribution in [3.8, 4) is 11.5 Å². The van der Waals surface area contributed by atoms with Gasteiger partial charge in [0.1, 0.15) is 0 Å². The van der Waals surface area contributed by atoms with E-state index in [1.54, 1.807) is 14.2 Å². The first-order valence-electron chi connectivity index (χ1n) is 5.63. The van der Waals surface area contributed by atoms with Crippen molar-refractivity contribution in [1.29, 1.82) is 0 Å². The molecule has 1 rings (SSSR count). The minimum absolute atomic E-state index is 0.417. The van der Waals surface area contributed by atoms with Crippen LogP contribution in [0.2, 0.25) is 0 Å². The molecule has 90 valence electrons. The molecule has 1 atom stereocenters. The van der Waals surface area contributed by atoms with Crippen LogP contribution in [0.15, 0.2) is 18.2 Å². The van der Waals surface area contributed by atoms with E-state index in [9.17, 15) is 5.11 Å². The summed E-state index contributed by atoms with van der Waals surface area (Å²) in [6.45, 7) is 2.11. The lowest BCUT2D eigenvalue weighted by Crippen LogP contribution is -1.99. The van der Waals surface area contributed by atoms with E-state index in [2.05, 4.69) is 6.92 Å². The first kappa shape index (κ1) is 12.8. The molecule has 0 spiro atoms. The van der Waals surface area contributed by atoms with Crippen LogP contribution in [-0.4, -0.2) is 19.3 Å². The van der Waals surface area contributed by atoms with E-state index >= 15 is 0 Å². The second-order valence-electron chi connectivity index (χ2n) is 3.77. The van der Waals surface area contributed by atoms with Crippen molar-refractivity contribution < 1.29 is 14.6 Å². The van der Waals surface area contributed by atoms with Gasteiger partial charge in [-0.05, 0) is 24.1 Å². The van der Waals surface area contributed by atoms with Crippen LogP contribution < -0.4 is 9.47 Å². The van der Waals surface area contributed by atoms with Gasteiger partial charge in [0, 0.05) is 0 Å². The molecule has 0 unspecified atom stereocenters. The first-order valence-corrected chi connectivity index (χ1v) is 5.63. The Morgan fingerprint density at radius 3 is 2.44 bits per heavy atom. The van der Waals surface area contributed by atoms with Gasteiger partial charge in [-0.2, -0.15) is 0 Å². The average Bonchev–Trinajstić information content (AvgIpc) is 2.34. The lowest BCUT2D eigenvalue weighted by Gasteiger charge is -2.13. The average molecular weight is 224 g/mol. The van der Waals surface area contributed by atoms with Gasteiger partial charge in [0.2, 0.25) is 0 Å². The number of hydrogen-bond acceptors (Lipinski definition) is 3. The highest BCUT2D eigenvalue weighted by Gasteiger charge is 2.10. The second kappa shape index (κ2) is 6.38. The molecule has 16 heavy (non-hydrogen) atoms. The van der Waals surface area contributed by atoms with Gasteiger partial charge in [0.15, 0.2) is 11.5 Å². The molecule has 1 aromatic rings. The molecule has 0 saturated heterocycles. The SMILES string of the molecule is CCCC[C@@H](O)c1ccc(OC)c(OC)c1. The summed E-state index contributed by atoms with van der Waals surface area (Å²) in [5, 5.41) is 9.94. The van der Waals surface area contributed by atoms with Crippen LogP contribution in [0.4, 0.5) is 0 Å². The number of methoxy groups -OCH3 is 2. The third-order valence-electron chi connectivity index (χ3n) is 2.62. The zero-order chi connectivity index (χ0) is 12.0. The topological polar surface area (TPSA) is 38.7 Å². The molecule has 3 nitrogen and oxygen atoms in total. The lowest BCUT2D eigenvalue weighted by molar-refractivity contribution is 0.163. The summed E-state index contributed by atoms with van der Waals surface area (Å²) in [7, 11) is 3.20. The monoisotopic (exact) mass is 224 g/mol. The molecule has 0 heterocycles. The van der Waals surface area contributed by atoms with Crippen molar-refractivity contribution in [2.45, 2.75) is 32.3 Å². The van der Waals surface area contributed by atoms with E-state index in [0.29, 0.717) is 11.5 Å². The highest BCUT2D eigenvalue weighted by Crippen LogP contribution is 2.31. The molecule has 0 saturated carbocycles. The summed E-state index contributed by atoms with van der Waals surface area (Å²) in [6, 6.07) is 5.53. The quantitative estimate of drug-likeness (QED) is 0.807. The van der Waals surface area contributed by atoms with Gasteiger partial charge in [0.05, 0.1) is 20.3 Å². The molecule has 0 amide bonds. The summed E-state index contributed by atoms with van der Waals surface area (Å²) in [5.74, 6) is 1.35. The first-order chi connectivity index (χ1) is 7.72. The molecule has 0 bridgehead atoms. The third kappa shape index (κ3) is 3.14. The Kier molecular flexibility index (Phi) is 5.12. The van der Waals surface area contributed by atoms with Crippen molar-refractivity contribution in [3.05, 3.63) is 23.8 Å². The van der Waals surface area contributed by atoms with Crippen LogP contribution in [-0.2, 0) is 0 Å². The molecular formula is C13H20O3. The molecule has 0 aromatic heterocycles. The normalized spacial score (nSPS) is 12.2. The molecule has 3 heteroatoms. The van der Waals surface area contributed by atoms with Gasteiger partial charge >= 0.3 is 0 Å². The molecule has 1 N–H and O–H groups in total. The van der Waals surface area contributed by atoms with Crippen molar-refractivity contribution in [1.82, 2.24) is 0 Å². The van der Waals surface area contributed by atoms with E-state index < -0.39 is 6.10 Å². The molecule has 0 fully saturated rings. The highest BCUT2D eigenvalue weighted by molar-refractivity contribution is 5.43. The van der Waals surface area contributed by atoms with Gasteiger partial charge < -0.3 is 14.6 Å². The van der Waals surface area contributed by atoms with Crippen molar-refractivity contribution >= 4 is 0 Å². The molecule has 0 aliphatic rings. The van der Waals surface area contributed by atoms with E-state index in [1.165, 1.54) is 0 Å². The number of rotatable bonds is 6. The number of aliphatic hydroxyl groups excluding tert-OH is 1. The van der Waals surface area contributed by atoms with Gasteiger partial charge in [-0.25, -0.2) is 0 Å². The fraction of sp³-hybridized carbons (Fsp3) is 0.538. The van der Waals surface area contributed by atoms with Crippen molar-refractivity contribution in [3.63, 3.8) is 0 Å². The fourth-order valence-corrected chi connectivity index (χ4v) is 1.62. The fourth-order valence-electron chi connectivity index (χ4n) is 1.62. The number of aliphatic hydroxyl groups is 1. The Balaban J connectivity index is 2.81. The standard InChI is InChI=1S/C13H20O3/c1-4-5-6-11(14)10-7-8-12(15-2)13(9-10)16-3/h7-9,11,14H,4-6H2,1-3H3/t11-/m1/s1. The zero-order valence-corrected chi connectivity index (χ0v) is 10.2. The molecule has 0 aliphatic heterocycles. The lowest BCUT2D eigenvalue weighted by atomic mass is 10.0. The van der Waals surface area contributed by atoms with Crippen LogP contribution in [0.25, 0.3) is 0 Å². The van der Waals surface area contributed by atoms with E-state index in [4.69, 9.17) is 9.47 Å². The molecule has 0 aliphatic carbocycles. The van der Waals surface area contributed by atoms with E-state index in [0.717, 1.165) is 24.8 Å². The van der Waals surface area contributed by atoms with Crippen LogP contribution in [0, 0.1) is 0 Å². The minimum Gasteiger partial charge on any atom is -0.493 e. The van der Waals surface area contributed by atoms with Crippen LogP contribution in [0.5, 0.6) is 11.5 Å². The largest absolute Gasteiger partial charge is 0.493 e. The third-order valence-corrected chi connectivity index (χ3v) is 2.62. The Hall–Kier alpha value is -1.22. The second-order valence-corrected chi connectivity index (χ2v) is 3.77. The Morgan fingerprint density at radius 1 is 1.19 bits per heavy atom. The minimum atomic E-state index is -0.417. The van der Waals surface area contributed by atoms with Crippen LogP contribution >= 0.6 is 0 Å². The Bertz CT molecular complexity index is 323. The number of benzene rings is 1. The van der Waals surface area contributed by atoms with Gasteiger partial charge in [-0.1, -0.05) is 25.8 Å².